The topological polar surface area (TPSA) is 27.0 Å². The third-order valence-corrected chi connectivity index (χ3v) is 2.87. The Balaban J connectivity index is 2.30. The molecule has 4 heteroatoms. The van der Waals surface area contributed by atoms with Gasteiger partial charge in [-0.1, -0.05) is 0 Å². The van der Waals surface area contributed by atoms with E-state index in [9.17, 15) is 4.39 Å². The molecule has 2 nitrogen and oxygen atoms in total. The van der Waals surface area contributed by atoms with Gasteiger partial charge >= 0.3 is 6.85 Å². The highest BCUT2D eigenvalue weighted by Gasteiger charge is 2.29. The maximum Gasteiger partial charge on any atom is 0.378 e. The maximum atomic E-state index is 13.1. The quantitative estimate of drug-likeness (QED) is 0.653. The van der Waals surface area contributed by atoms with Crippen molar-refractivity contribution in [3.05, 3.63) is 29.6 Å². The highest BCUT2D eigenvalue weighted by molar-refractivity contribution is 6.71. The second-order valence-electron chi connectivity index (χ2n) is 3.91. The molecular formula is C11H12BFN2. The highest BCUT2D eigenvalue weighted by Crippen LogP contribution is 2.25. The van der Waals surface area contributed by atoms with Crippen molar-refractivity contribution in [1.29, 1.82) is 5.26 Å². The van der Waals surface area contributed by atoms with Gasteiger partial charge in [0, 0.05) is 18.2 Å². The van der Waals surface area contributed by atoms with Gasteiger partial charge in [0.05, 0.1) is 0 Å². The smallest absolute Gasteiger partial charge is 0.378 e. The lowest BCUT2D eigenvalue weighted by Gasteiger charge is -2.20. The first-order valence-corrected chi connectivity index (χ1v) is 5.15. The number of halogens is 1. The fourth-order valence-corrected chi connectivity index (χ4v) is 2.02. The molecule has 1 fully saturated rings. The van der Waals surface area contributed by atoms with Crippen LogP contribution in [0.25, 0.3) is 0 Å². The minimum absolute atomic E-state index is 0.0464. The van der Waals surface area contributed by atoms with E-state index in [-0.39, 0.29) is 12.7 Å². The summed E-state index contributed by atoms with van der Waals surface area (Å²) >= 11 is 0. The summed E-state index contributed by atoms with van der Waals surface area (Å²) in [7, 11) is 0. The zero-order valence-electron chi connectivity index (χ0n) is 8.70. The SMILES string of the molecule is Cc1cc(N2CCCB2C#N)ccc1F. The molecule has 1 aromatic carbocycles. The number of nitrogens with zero attached hydrogens (tertiary/aromatic N) is 2. The highest BCUT2D eigenvalue weighted by atomic mass is 19.1. The fraction of sp³-hybridized carbons (Fsp3) is 0.364. The number of hydrogen-bond acceptors (Lipinski definition) is 2. The molecule has 0 radical (unpaired) electrons. The zero-order chi connectivity index (χ0) is 10.8. The third kappa shape index (κ3) is 1.82. The molecule has 0 spiro atoms. The van der Waals surface area contributed by atoms with E-state index in [1.54, 1.807) is 13.0 Å². The van der Waals surface area contributed by atoms with Gasteiger partial charge in [-0.2, -0.15) is 0 Å². The molecule has 1 aliphatic rings. The van der Waals surface area contributed by atoms with Crippen LogP contribution in [0.1, 0.15) is 12.0 Å². The minimum atomic E-state index is -0.188. The Labute approximate surface area is 89.4 Å². The summed E-state index contributed by atoms with van der Waals surface area (Å²) in [4.78, 5) is 2.05. The van der Waals surface area contributed by atoms with Crippen LogP contribution in [0, 0.1) is 24.0 Å². The lowest BCUT2D eigenvalue weighted by Crippen LogP contribution is -2.32. The summed E-state index contributed by atoms with van der Waals surface area (Å²) in [6.07, 6.45) is 1.95. The van der Waals surface area contributed by atoms with Crippen LogP contribution in [0.3, 0.4) is 0 Å². The van der Waals surface area contributed by atoms with Crippen molar-refractivity contribution in [1.82, 2.24) is 0 Å². The monoisotopic (exact) mass is 202 g/mol. The summed E-state index contributed by atoms with van der Waals surface area (Å²) in [5.41, 5.74) is 1.59. The second-order valence-corrected chi connectivity index (χ2v) is 3.91. The first kappa shape index (κ1) is 10.0. The molecule has 1 saturated heterocycles. The largest absolute Gasteiger partial charge is 0.402 e. The molecule has 0 atom stereocenters. The van der Waals surface area contributed by atoms with Crippen molar-refractivity contribution < 1.29 is 4.39 Å². The van der Waals surface area contributed by atoms with Crippen molar-refractivity contribution in [2.45, 2.75) is 19.7 Å². The van der Waals surface area contributed by atoms with Gasteiger partial charge in [-0.15, -0.1) is 0 Å². The second kappa shape index (κ2) is 3.94. The molecule has 0 amide bonds. The molecule has 0 bridgehead atoms. The van der Waals surface area contributed by atoms with Crippen molar-refractivity contribution in [2.75, 3.05) is 11.4 Å². The Morgan fingerprint density at radius 1 is 1.53 bits per heavy atom. The number of aryl methyl sites for hydroxylation is 1. The molecule has 0 N–H and O–H groups in total. The normalized spacial score (nSPS) is 15.5. The molecule has 15 heavy (non-hydrogen) atoms. The van der Waals surface area contributed by atoms with Crippen LogP contribution in [0.5, 0.6) is 0 Å². The van der Waals surface area contributed by atoms with Crippen LogP contribution < -0.4 is 4.81 Å². The van der Waals surface area contributed by atoms with Crippen molar-refractivity contribution in [2.24, 2.45) is 0 Å². The third-order valence-electron chi connectivity index (χ3n) is 2.87. The Morgan fingerprint density at radius 3 is 3.00 bits per heavy atom. The van der Waals surface area contributed by atoms with E-state index in [4.69, 9.17) is 5.26 Å². The van der Waals surface area contributed by atoms with Crippen LogP contribution >= 0.6 is 0 Å². The first-order valence-electron chi connectivity index (χ1n) is 5.15. The van der Waals surface area contributed by atoms with Gasteiger partial charge in [0.2, 0.25) is 0 Å². The van der Waals surface area contributed by atoms with E-state index in [1.165, 1.54) is 6.07 Å². The van der Waals surface area contributed by atoms with Crippen molar-refractivity contribution in [3.8, 4) is 5.97 Å². The van der Waals surface area contributed by atoms with E-state index < -0.39 is 0 Å². The summed E-state index contributed by atoms with van der Waals surface area (Å²) in [5, 5.41) is 8.96. The zero-order valence-corrected chi connectivity index (χ0v) is 8.70. The number of nitriles is 1. The standard InChI is InChI=1S/C11H12BFN2/c1-9-7-10(3-4-11(9)13)15-6-2-5-12(15)8-14/h3-4,7H,2,5-6H2,1H3. The molecule has 0 aromatic heterocycles. The van der Waals surface area contributed by atoms with Gasteiger partial charge in [-0.3, -0.25) is 0 Å². The van der Waals surface area contributed by atoms with Gasteiger partial charge in [-0.25, -0.2) is 9.65 Å². The minimum Gasteiger partial charge on any atom is -0.402 e. The molecule has 76 valence electrons. The molecule has 0 unspecified atom stereocenters. The van der Waals surface area contributed by atoms with Gasteiger partial charge < -0.3 is 4.81 Å². The van der Waals surface area contributed by atoms with Gasteiger partial charge in [-0.05, 0) is 43.4 Å². The van der Waals surface area contributed by atoms with Crippen molar-refractivity contribution in [3.63, 3.8) is 0 Å². The van der Waals surface area contributed by atoms with E-state index >= 15 is 0 Å². The van der Waals surface area contributed by atoms with Gasteiger partial charge in [0.25, 0.3) is 0 Å². The molecule has 1 aliphatic heterocycles. The van der Waals surface area contributed by atoms with Crippen LogP contribution in [-0.2, 0) is 0 Å². The average molecular weight is 202 g/mol. The number of anilines is 1. The lowest BCUT2D eigenvalue weighted by molar-refractivity contribution is 0.618. The molecule has 1 heterocycles. The Kier molecular flexibility index (Phi) is 2.63. The van der Waals surface area contributed by atoms with Crippen LogP contribution in [0.15, 0.2) is 18.2 Å². The number of hydrogen-bond donors (Lipinski definition) is 0. The predicted octanol–water partition coefficient (Wildman–Crippen LogP) is 2.40. The number of benzene rings is 1. The van der Waals surface area contributed by atoms with E-state index in [1.807, 2.05) is 10.9 Å². The molecule has 2 rings (SSSR count). The predicted molar refractivity (Wildman–Crippen MR) is 59.3 cm³/mol. The first-order chi connectivity index (χ1) is 7.22. The summed E-state index contributed by atoms with van der Waals surface area (Å²) in [6.45, 7) is 2.59. The van der Waals surface area contributed by atoms with E-state index in [2.05, 4.69) is 5.97 Å². The number of rotatable bonds is 1. The summed E-state index contributed by atoms with van der Waals surface area (Å²) in [5.74, 6) is 2.09. The fourth-order valence-electron chi connectivity index (χ4n) is 2.02. The van der Waals surface area contributed by atoms with E-state index in [0.29, 0.717) is 5.56 Å². The molecule has 1 aromatic rings. The Bertz CT molecular complexity index is 414. The van der Waals surface area contributed by atoms with Crippen LogP contribution in [0.2, 0.25) is 6.32 Å². The van der Waals surface area contributed by atoms with Crippen molar-refractivity contribution >= 4 is 12.5 Å². The Morgan fingerprint density at radius 2 is 2.33 bits per heavy atom. The molecule has 0 saturated carbocycles. The maximum absolute atomic E-state index is 13.1. The average Bonchev–Trinajstić information content (AvgIpc) is 2.70. The lowest BCUT2D eigenvalue weighted by atomic mass is 9.61. The van der Waals surface area contributed by atoms with E-state index in [0.717, 1.165) is 25.0 Å². The molecular weight excluding hydrogens is 190 g/mol. The van der Waals surface area contributed by atoms with Gasteiger partial charge in [0.15, 0.2) is 0 Å². The van der Waals surface area contributed by atoms with Crippen LogP contribution in [-0.4, -0.2) is 13.4 Å². The Hall–Kier alpha value is -1.50. The summed E-state index contributed by atoms with van der Waals surface area (Å²) < 4.78 is 13.1. The van der Waals surface area contributed by atoms with Crippen LogP contribution in [0.4, 0.5) is 10.1 Å². The van der Waals surface area contributed by atoms with Gasteiger partial charge in [0.1, 0.15) is 5.82 Å². The molecule has 0 aliphatic carbocycles. The summed E-state index contributed by atoms with van der Waals surface area (Å²) in [6, 6.07) is 5.03.